The molecule has 4 nitrogen and oxygen atoms in total. The lowest BCUT2D eigenvalue weighted by atomic mass is 9.51. The number of aliphatic hydroxyl groups excluding tert-OH is 1. The van der Waals surface area contributed by atoms with E-state index in [9.17, 15) is 9.90 Å². The Hall–Kier alpha value is -2.07. The third-order valence-corrected chi connectivity index (χ3v) is 7.58. The molecule has 1 aromatic carbocycles. The minimum atomic E-state index is -0.353. The molecule has 0 saturated heterocycles. The zero-order valence-corrected chi connectivity index (χ0v) is 17.2. The van der Waals surface area contributed by atoms with Crippen molar-refractivity contribution in [2.24, 2.45) is 22.7 Å². The van der Waals surface area contributed by atoms with Crippen LogP contribution in [-0.2, 0) is 0 Å². The average molecular weight is 383 g/mol. The van der Waals surface area contributed by atoms with Gasteiger partial charge in [0.05, 0.1) is 12.7 Å². The Labute approximate surface area is 166 Å². The first-order valence-corrected chi connectivity index (χ1v) is 10.2. The topological polar surface area (TPSA) is 59.7 Å². The van der Waals surface area contributed by atoms with E-state index in [-0.39, 0.29) is 22.6 Å². The van der Waals surface area contributed by atoms with E-state index < -0.39 is 0 Å². The van der Waals surface area contributed by atoms with Crippen LogP contribution in [0.15, 0.2) is 51.2 Å². The maximum Gasteiger partial charge on any atom is 0.336 e. The minimum Gasteiger partial charge on any atom is -0.493 e. The molecule has 2 aliphatic rings. The first kappa shape index (κ1) is 19.3. The van der Waals surface area contributed by atoms with Crippen LogP contribution < -0.4 is 10.4 Å². The first-order valence-electron chi connectivity index (χ1n) is 10.2. The fraction of sp³-hybridized carbons (Fsp3) is 0.542. The predicted octanol–water partition coefficient (Wildman–Crippen LogP) is 4.94. The van der Waals surface area contributed by atoms with E-state index >= 15 is 0 Å². The van der Waals surface area contributed by atoms with Crippen LogP contribution in [-0.4, -0.2) is 17.8 Å². The van der Waals surface area contributed by atoms with Crippen LogP contribution in [0.25, 0.3) is 11.0 Å². The van der Waals surface area contributed by atoms with Crippen LogP contribution in [0.2, 0.25) is 0 Å². The molecular formula is C24H30O4. The maximum absolute atomic E-state index is 11.5. The number of hydrogen-bond donors (Lipinski definition) is 1. The molecule has 2 aromatic rings. The Morgan fingerprint density at radius 3 is 2.68 bits per heavy atom. The van der Waals surface area contributed by atoms with Crippen LogP contribution in [0.4, 0.5) is 0 Å². The van der Waals surface area contributed by atoms with Crippen molar-refractivity contribution in [1.29, 1.82) is 0 Å². The molecule has 0 spiro atoms. The number of hydrogen-bond acceptors (Lipinski definition) is 4. The van der Waals surface area contributed by atoms with Crippen molar-refractivity contribution in [2.45, 2.75) is 53.1 Å². The van der Waals surface area contributed by atoms with Gasteiger partial charge in [-0.2, -0.15) is 0 Å². The second-order valence-electron chi connectivity index (χ2n) is 9.41. The van der Waals surface area contributed by atoms with E-state index in [2.05, 4.69) is 33.8 Å². The van der Waals surface area contributed by atoms with Crippen LogP contribution in [0, 0.1) is 22.7 Å². The lowest BCUT2D eigenvalue weighted by molar-refractivity contribution is -0.0939. The van der Waals surface area contributed by atoms with Gasteiger partial charge in [-0.05, 0) is 61.6 Å². The molecule has 4 atom stereocenters. The fourth-order valence-corrected chi connectivity index (χ4v) is 5.32. The highest BCUT2D eigenvalue weighted by molar-refractivity contribution is 5.77. The number of ether oxygens (including phenoxy) is 1. The van der Waals surface area contributed by atoms with Crippen LogP contribution in [0.3, 0.4) is 0 Å². The van der Waals surface area contributed by atoms with Crippen molar-refractivity contribution in [2.75, 3.05) is 6.61 Å². The largest absolute Gasteiger partial charge is 0.493 e. The molecule has 1 aromatic heterocycles. The van der Waals surface area contributed by atoms with Gasteiger partial charge in [0.1, 0.15) is 11.3 Å². The second-order valence-corrected chi connectivity index (χ2v) is 9.41. The molecule has 0 radical (unpaired) electrons. The normalized spacial score (nSPS) is 31.9. The molecular weight excluding hydrogens is 352 g/mol. The van der Waals surface area contributed by atoms with E-state index in [1.165, 1.54) is 11.6 Å². The summed E-state index contributed by atoms with van der Waals surface area (Å²) in [5, 5.41) is 11.4. The van der Waals surface area contributed by atoms with E-state index in [0.29, 0.717) is 29.8 Å². The van der Waals surface area contributed by atoms with Crippen molar-refractivity contribution in [1.82, 2.24) is 0 Å². The van der Waals surface area contributed by atoms with E-state index in [0.717, 1.165) is 24.6 Å². The summed E-state index contributed by atoms with van der Waals surface area (Å²) in [7, 11) is 0. The van der Waals surface area contributed by atoms with Gasteiger partial charge in [0, 0.05) is 22.9 Å². The Kier molecular flexibility index (Phi) is 4.65. The first-order chi connectivity index (χ1) is 13.2. The predicted molar refractivity (Wildman–Crippen MR) is 110 cm³/mol. The van der Waals surface area contributed by atoms with Gasteiger partial charge in [-0.25, -0.2) is 4.79 Å². The lowest BCUT2D eigenvalue weighted by Crippen LogP contribution is -2.53. The average Bonchev–Trinajstić information content (AvgIpc) is 2.66. The van der Waals surface area contributed by atoms with Gasteiger partial charge in [0.2, 0.25) is 0 Å². The lowest BCUT2D eigenvalue weighted by Gasteiger charge is -2.55. The summed E-state index contributed by atoms with van der Waals surface area (Å²) in [6.45, 7) is 9.48. The summed E-state index contributed by atoms with van der Waals surface area (Å²) in [6.07, 6.45) is 4.99. The molecule has 2 aliphatic carbocycles. The molecule has 4 rings (SSSR count). The standard InChI is InChI=1S/C24H30O4/c1-15-5-9-18-19(10-11-21(25)23(18,2)3)24(15,4)14-27-17-8-6-16-7-12-22(26)28-20(16)13-17/h5-8,12-13,18-19,21,25H,9-11,14H2,1-4H3. The molecule has 1 N–H and O–H groups in total. The van der Waals surface area contributed by atoms with Gasteiger partial charge < -0.3 is 14.3 Å². The van der Waals surface area contributed by atoms with Crippen molar-refractivity contribution >= 4 is 11.0 Å². The van der Waals surface area contributed by atoms with Crippen LogP contribution in [0.1, 0.15) is 47.0 Å². The van der Waals surface area contributed by atoms with Crippen LogP contribution in [0.5, 0.6) is 5.75 Å². The quantitative estimate of drug-likeness (QED) is 0.603. The van der Waals surface area contributed by atoms with Gasteiger partial charge in [-0.3, -0.25) is 0 Å². The number of benzene rings is 1. The monoisotopic (exact) mass is 382 g/mol. The molecule has 28 heavy (non-hydrogen) atoms. The van der Waals surface area contributed by atoms with E-state index in [1.54, 1.807) is 12.1 Å². The van der Waals surface area contributed by atoms with Crippen LogP contribution >= 0.6 is 0 Å². The van der Waals surface area contributed by atoms with E-state index in [4.69, 9.17) is 9.15 Å². The number of allylic oxidation sites excluding steroid dienone is 1. The highest BCUT2D eigenvalue weighted by Crippen LogP contribution is 2.57. The summed E-state index contributed by atoms with van der Waals surface area (Å²) >= 11 is 0. The molecule has 4 unspecified atom stereocenters. The Bertz CT molecular complexity index is 970. The number of fused-ring (bicyclic) bond motifs is 2. The zero-order chi connectivity index (χ0) is 20.1. The molecule has 0 bridgehead atoms. The van der Waals surface area contributed by atoms with Gasteiger partial charge in [0.15, 0.2) is 0 Å². The second kappa shape index (κ2) is 6.77. The summed E-state index contributed by atoms with van der Waals surface area (Å²) in [6, 6.07) is 8.84. The fourth-order valence-electron chi connectivity index (χ4n) is 5.32. The van der Waals surface area contributed by atoms with Gasteiger partial charge in [-0.1, -0.05) is 32.4 Å². The summed E-state index contributed by atoms with van der Waals surface area (Å²) in [5.41, 5.74) is 1.40. The Morgan fingerprint density at radius 2 is 1.89 bits per heavy atom. The number of rotatable bonds is 3. The van der Waals surface area contributed by atoms with Crippen molar-refractivity contribution in [3.05, 3.63) is 52.4 Å². The molecule has 0 aliphatic heterocycles. The Morgan fingerprint density at radius 1 is 1.14 bits per heavy atom. The van der Waals surface area contributed by atoms with Gasteiger partial charge in [0.25, 0.3) is 0 Å². The third-order valence-electron chi connectivity index (χ3n) is 7.58. The van der Waals surface area contributed by atoms with Crippen molar-refractivity contribution in [3.63, 3.8) is 0 Å². The van der Waals surface area contributed by atoms with Crippen molar-refractivity contribution in [3.8, 4) is 5.75 Å². The van der Waals surface area contributed by atoms with Gasteiger partial charge in [-0.15, -0.1) is 0 Å². The molecule has 1 heterocycles. The molecule has 4 heteroatoms. The SMILES string of the molecule is CC1=CCC2C(CCC(O)C2(C)C)C1(C)COc1ccc2ccc(=O)oc2c1. The molecule has 0 amide bonds. The highest BCUT2D eigenvalue weighted by Gasteiger charge is 2.52. The molecule has 150 valence electrons. The summed E-state index contributed by atoms with van der Waals surface area (Å²) in [4.78, 5) is 11.5. The maximum atomic E-state index is 11.5. The third kappa shape index (κ3) is 3.08. The zero-order valence-electron chi connectivity index (χ0n) is 17.2. The Balaban J connectivity index is 1.60. The smallest absolute Gasteiger partial charge is 0.336 e. The summed E-state index contributed by atoms with van der Waals surface area (Å²) < 4.78 is 11.5. The number of aliphatic hydroxyl groups is 1. The molecule has 1 saturated carbocycles. The summed E-state index contributed by atoms with van der Waals surface area (Å²) in [5.74, 6) is 1.64. The molecule has 1 fully saturated rings. The van der Waals surface area contributed by atoms with Gasteiger partial charge >= 0.3 is 5.63 Å². The van der Waals surface area contributed by atoms with E-state index in [1.807, 2.05) is 12.1 Å². The van der Waals surface area contributed by atoms with Crippen molar-refractivity contribution < 1.29 is 14.3 Å². The minimum absolute atomic E-state index is 0.0766. The highest BCUT2D eigenvalue weighted by atomic mass is 16.5.